The van der Waals surface area contributed by atoms with Crippen molar-refractivity contribution < 1.29 is 0 Å². The molecule has 0 amide bonds. The zero-order chi connectivity index (χ0) is 13.7. The molecule has 0 unspecified atom stereocenters. The minimum absolute atomic E-state index is 1.35. The van der Waals surface area contributed by atoms with Gasteiger partial charge in [-0.05, 0) is 64.7 Å². The number of thiophene rings is 2. The maximum absolute atomic E-state index is 2.34. The quantitative estimate of drug-likeness (QED) is 0.381. The van der Waals surface area contributed by atoms with Crippen LogP contribution in [0.5, 0.6) is 0 Å². The number of hydrogen-bond acceptors (Lipinski definition) is 2. The molecule has 2 aromatic carbocycles. The maximum atomic E-state index is 2.34. The molecule has 0 atom stereocenters. The first-order valence-electron chi connectivity index (χ1n) is 6.69. The Morgan fingerprint density at radius 2 is 1.65 bits per heavy atom. The summed E-state index contributed by atoms with van der Waals surface area (Å²) in [7, 11) is 0. The lowest BCUT2D eigenvalue weighted by Gasteiger charge is -2.10. The van der Waals surface area contributed by atoms with Gasteiger partial charge in [0.1, 0.15) is 0 Å². The first-order valence-corrected chi connectivity index (χ1v) is 8.45. The molecule has 0 spiro atoms. The van der Waals surface area contributed by atoms with E-state index in [0.29, 0.717) is 0 Å². The van der Waals surface area contributed by atoms with E-state index in [-0.39, 0.29) is 0 Å². The molecule has 2 aromatic heterocycles. The second kappa shape index (κ2) is 4.44. The molecular weight excluding hydrogens is 280 g/mol. The van der Waals surface area contributed by atoms with Crippen molar-refractivity contribution >= 4 is 43.5 Å². The third-order valence-corrected chi connectivity index (χ3v) is 5.71. The summed E-state index contributed by atoms with van der Waals surface area (Å²) in [6.45, 7) is 4.39. The van der Waals surface area contributed by atoms with Gasteiger partial charge in [0.05, 0.1) is 0 Å². The predicted octanol–water partition coefficient (Wildman–Crippen LogP) is 6.40. The van der Waals surface area contributed by atoms with Gasteiger partial charge in [0.25, 0.3) is 0 Å². The number of benzene rings is 2. The highest BCUT2D eigenvalue weighted by molar-refractivity contribution is 7.17. The van der Waals surface area contributed by atoms with Crippen LogP contribution in [0.4, 0.5) is 0 Å². The summed E-state index contributed by atoms with van der Waals surface area (Å²) in [5.74, 6) is 0. The van der Waals surface area contributed by atoms with E-state index in [9.17, 15) is 0 Å². The van der Waals surface area contributed by atoms with Gasteiger partial charge in [-0.3, -0.25) is 0 Å². The third-order valence-electron chi connectivity index (χ3n) is 3.95. The van der Waals surface area contributed by atoms with Crippen LogP contribution in [0.15, 0.2) is 47.2 Å². The topological polar surface area (TPSA) is 0 Å². The molecular formula is C18H14S2. The summed E-state index contributed by atoms with van der Waals surface area (Å²) in [6.07, 6.45) is 0. The van der Waals surface area contributed by atoms with E-state index in [1.165, 1.54) is 42.4 Å². The standard InChI is InChI=1S/C18H14S2/c1-11-8-13-10-17-14(5-7-20-17)18(15(13)9-12(11)2)16-4-3-6-19-16/h3-10H,1-2H3. The minimum atomic E-state index is 1.35. The third kappa shape index (κ3) is 1.72. The Labute approximate surface area is 126 Å². The molecule has 4 rings (SSSR count). The monoisotopic (exact) mass is 294 g/mol. The fourth-order valence-corrected chi connectivity index (χ4v) is 4.43. The van der Waals surface area contributed by atoms with Crippen molar-refractivity contribution in [2.75, 3.05) is 0 Å². The summed E-state index contributed by atoms with van der Waals surface area (Å²) < 4.78 is 1.38. The Morgan fingerprint density at radius 1 is 0.800 bits per heavy atom. The van der Waals surface area contributed by atoms with E-state index >= 15 is 0 Å². The van der Waals surface area contributed by atoms with Crippen molar-refractivity contribution in [1.82, 2.24) is 0 Å². The highest BCUT2D eigenvalue weighted by atomic mass is 32.1. The van der Waals surface area contributed by atoms with Crippen molar-refractivity contribution in [1.29, 1.82) is 0 Å². The lowest BCUT2D eigenvalue weighted by Crippen LogP contribution is -1.85. The predicted molar refractivity (Wildman–Crippen MR) is 92.1 cm³/mol. The number of hydrogen-bond donors (Lipinski definition) is 0. The van der Waals surface area contributed by atoms with Crippen molar-refractivity contribution in [3.05, 3.63) is 58.3 Å². The summed E-state index contributed by atoms with van der Waals surface area (Å²) in [5.41, 5.74) is 4.13. The van der Waals surface area contributed by atoms with Gasteiger partial charge in [-0.15, -0.1) is 22.7 Å². The zero-order valence-corrected chi connectivity index (χ0v) is 13.1. The molecule has 0 saturated heterocycles. The SMILES string of the molecule is Cc1cc2cc3sccc3c(-c3cccs3)c2cc1C. The molecule has 2 heteroatoms. The smallest absolute Gasteiger partial charge is 0.0355 e. The van der Waals surface area contributed by atoms with E-state index < -0.39 is 0 Å². The Bertz CT molecular complexity index is 912. The molecule has 98 valence electrons. The van der Waals surface area contributed by atoms with Gasteiger partial charge in [-0.2, -0.15) is 0 Å². The normalized spacial score (nSPS) is 11.5. The van der Waals surface area contributed by atoms with Crippen LogP contribution >= 0.6 is 22.7 Å². The largest absolute Gasteiger partial charge is 0.144 e. The fourth-order valence-electron chi connectivity index (χ4n) is 2.79. The first-order chi connectivity index (χ1) is 9.74. The van der Waals surface area contributed by atoms with Gasteiger partial charge in [0.15, 0.2) is 0 Å². The van der Waals surface area contributed by atoms with Gasteiger partial charge in [0, 0.05) is 20.5 Å². The summed E-state index contributed by atoms with van der Waals surface area (Å²) >= 11 is 3.65. The molecule has 0 radical (unpaired) electrons. The minimum Gasteiger partial charge on any atom is -0.144 e. The molecule has 0 aliphatic heterocycles. The number of fused-ring (bicyclic) bond motifs is 2. The van der Waals surface area contributed by atoms with Crippen molar-refractivity contribution in [3.8, 4) is 10.4 Å². The molecule has 2 heterocycles. The van der Waals surface area contributed by atoms with Crippen LogP contribution in [0.3, 0.4) is 0 Å². The van der Waals surface area contributed by atoms with Crippen molar-refractivity contribution in [2.45, 2.75) is 13.8 Å². The van der Waals surface area contributed by atoms with Gasteiger partial charge in [-0.25, -0.2) is 0 Å². The van der Waals surface area contributed by atoms with Gasteiger partial charge in [-0.1, -0.05) is 18.2 Å². The molecule has 20 heavy (non-hydrogen) atoms. The maximum Gasteiger partial charge on any atom is 0.0355 e. The highest BCUT2D eigenvalue weighted by Crippen LogP contribution is 2.41. The van der Waals surface area contributed by atoms with Crippen LogP contribution in [0.1, 0.15) is 11.1 Å². The van der Waals surface area contributed by atoms with Crippen LogP contribution in [-0.4, -0.2) is 0 Å². The van der Waals surface area contributed by atoms with Gasteiger partial charge < -0.3 is 0 Å². The first kappa shape index (κ1) is 12.1. The zero-order valence-electron chi connectivity index (χ0n) is 11.4. The molecule has 0 bridgehead atoms. The Balaban J connectivity index is 2.25. The Morgan fingerprint density at radius 3 is 2.45 bits per heavy atom. The Kier molecular flexibility index (Phi) is 2.69. The fraction of sp³-hybridized carbons (Fsp3) is 0.111. The molecule has 4 aromatic rings. The average Bonchev–Trinajstić information content (AvgIpc) is 3.08. The van der Waals surface area contributed by atoms with E-state index in [1.807, 2.05) is 22.7 Å². The van der Waals surface area contributed by atoms with Crippen LogP contribution in [0, 0.1) is 13.8 Å². The number of aryl methyl sites for hydroxylation is 2. The number of rotatable bonds is 1. The lowest BCUT2D eigenvalue weighted by atomic mass is 9.96. The molecule has 0 saturated carbocycles. The highest BCUT2D eigenvalue weighted by Gasteiger charge is 2.12. The Hall–Kier alpha value is -1.64. The summed E-state index contributed by atoms with van der Waals surface area (Å²) in [6, 6.07) is 13.6. The van der Waals surface area contributed by atoms with Crippen molar-refractivity contribution in [3.63, 3.8) is 0 Å². The molecule has 0 N–H and O–H groups in total. The lowest BCUT2D eigenvalue weighted by molar-refractivity contribution is 1.37. The van der Waals surface area contributed by atoms with Crippen LogP contribution in [0.25, 0.3) is 31.3 Å². The summed E-state index contributed by atoms with van der Waals surface area (Å²) in [4.78, 5) is 1.36. The molecule has 0 fully saturated rings. The second-order valence-electron chi connectivity index (χ2n) is 5.22. The van der Waals surface area contributed by atoms with Crippen molar-refractivity contribution in [2.24, 2.45) is 0 Å². The van der Waals surface area contributed by atoms with Crippen LogP contribution < -0.4 is 0 Å². The van der Waals surface area contributed by atoms with E-state index in [2.05, 4.69) is 61.0 Å². The average molecular weight is 294 g/mol. The second-order valence-corrected chi connectivity index (χ2v) is 7.11. The molecule has 0 aliphatic carbocycles. The van der Waals surface area contributed by atoms with Gasteiger partial charge in [0.2, 0.25) is 0 Å². The van der Waals surface area contributed by atoms with E-state index in [1.54, 1.807) is 0 Å². The van der Waals surface area contributed by atoms with E-state index in [4.69, 9.17) is 0 Å². The van der Waals surface area contributed by atoms with Gasteiger partial charge >= 0.3 is 0 Å². The van der Waals surface area contributed by atoms with Crippen LogP contribution in [-0.2, 0) is 0 Å². The van der Waals surface area contributed by atoms with Crippen LogP contribution in [0.2, 0.25) is 0 Å². The summed E-state index contributed by atoms with van der Waals surface area (Å²) in [5, 5.41) is 8.47. The molecule has 0 aliphatic rings. The van der Waals surface area contributed by atoms with E-state index in [0.717, 1.165) is 0 Å². The molecule has 0 nitrogen and oxygen atoms in total.